The van der Waals surface area contributed by atoms with Crippen molar-refractivity contribution in [2.24, 2.45) is 0 Å². The predicted octanol–water partition coefficient (Wildman–Crippen LogP) is 5.26. The molecule has 1 aliphatic heterocycles. The first kappa shape index (κ1) is 23.3. The lowest BCUT2D eigenvalue weighted by Gasteiger charge is -2.36. The Balaban J connectivity index is 1.06. The van der Waals surface area contributed by atoms with E-state index in [0.717, 1.165) is 67.8 Å². The Hall–Kier alpha value is -3.41. The van der Waals surface area contributed by atoms with Crippen molar-refractivity contribution < 1.29 is 4.39 Å². The number of halogens is 1. The van der Waals surface area contributed by atoms with E-state index in [-0.39, 0.29) is 5.82 Å². The van der Waals surface area contributed by atoms with Gasteiger partial charge in [-0.2, -0.15) is 5.26 Å². The van der Waals surface area contributed by atoms with Crippen LogP contribution in [0.15, 0.2) is 71.0 Å². The van der Waals surface area contributed by atoms with Crippen LogP contribution in [0.5, 0.6) is 0 Å². The lowest BCUT2D eigenvalue weighted by molar-refractivity contribution is 0.253. The minimum Gasteiger partial charge on any atom is -0.369 e. The van der Waals surface area contributed by atoms with Crippen LogP contribution in [0.1, 0.15) is 24.1 Å². The molecule has 6 nitrogen and oxygen atoms in total. The second-order valence-corrected chi connectivity index (χ2v) is 9.76. The maximum atomic E-state index is 13.6. The molecule has 2 aromatic carbocycles. The van der Waals surface area contributed by atoms with Gasteiger partial charge in [-0.1, -0.05) is 0 Å². The number of piperazine rings is 1. The first-order valence-corrected chi connectivity index (χ1v) is 12.7. The molecule has 1 fully saturated rings. The molecule has 0 saturated carbocycles. The Morgan fingerprint density at radius 1 is 1.03 bits per heavy atom. The van der Waals surface area contributed by atoms with E-state index in [2.05, 4.69) is 55.1 Å². The molecule has 3 heterocycles. The van der Waals surface area contributed by atoms with Crippen molar-refractivity contribution in [1.29, 1.82) is 5.26 Å². The van der Waals surface area contributed by atoms with Crippen LogP contribution < -0.4 is 4.90 Å². The third-order valence-corrected chi connectivity index (χ3v) is 7.32. The highest BCUT2D eigenvalue weighted by Crippen LogP contribution is 2.27. The van der Waals surface area contributed by atoms with Gasteiger partial charge in [0.05, 0.1) is 0 Å². The number of aromatic nitrogens is 3. The van der Waals surface area contributed by atoms with Crippen LogP contribution in [0.4, 0.5) is 10.1 Å². The lowest BCUT2D eigenvalue weighted by Crippen LogP contribution is -2.46. The standard InChI is InChI=1S/C27H27FN6S/c28-21-4-9-26-25(17-21)20(19-31-26)3-1-2-12-33-13-15-34(16-14-33)23-5-7-24(8-6-23)35-27-30-11-10-22(18-29)32-27/h4-11,17,19,31H,1-3,12-16H2. The molecule has 1 N–H and O–H groups in total. The molecule has 1 aliphatic rings. The Morgan fingerprint density at radius 2 is 1.86 bits per heavy atom. The van der Waals surface area contributed by atoms with E-state index < -0.39 is 0 Å². The lowest BCUT2D eigenvalue weighted by atomic mass is 10.1. The zero-order chi connectivity index (χ0) is 24.0. The van der Waals surface area contributed by atoms with E-state index in [9.17, 15) is 4.39 Å². The van der Waals surface area contributed by atoms with E-state index >= 15 is 0 Å². The normalized spacial score (nSPS) is 14.3. The van der Waals surface area contributed by atoms with E-state index in [1.165, 1.54) is 29.1 Å². The number of nitrogens with one attached hydrogen (secondary N) is 1. The van der Waals surface area contributed by atoms with Gasteiger partial charge in [-0.15, -0.1) is 0 Å². The summed E-state index contributed by atoms with van der Waals surface area (Å²) >= 11 is 1.46. The summed E-state index contributed by atoms with van der Waals surface area (Å²) in [6.07, 6.45) is 6.85. The number of fused-ring (bicyclic) bond motifs is 1. The first-order chi connectivity index (χ1) is 17.2. The summed E-state index contributed by atoms with van der Waals surface area (Å²) in [6, 6.07) is 17.1. The van der Waals surface area contributed by atoms with Crippen molar-refractivity contribution in [3.8, 4) is 6.07 Å². The van der Waals surface area contributed by atoms with Gasteiger partial charge in [0.2, 0.25) is 0 Å². The molecule has 2 aromatic heterocycles. The number of unbranched alkanes of at least 4 members (excludes halogenated alkanes) is 1. The molecule has 1 saturated heterocycles. The fraction of sp³-hybridized carbons (Fsp3) is 0.296. The fourth-order valence-electron chi connectivity index (χ4n) is 4.52. The average Bonchev–Trinajstić information content (AvgIpc) is 3.29. The number of aromatic amines is 1. The maximum absolute atomic E-state index is 13.6. The summed E-state index contributed by atoms with van der Waals surface area (Å²) in [5.41, 5.74) is 3.82. The summed E-state index contributed by atoms with van der Waals surface area (Å²) in [5.74, 6) is -0.177. The molecule has 8 heteroatoms. The molecule has 4 aromatic rings. The summed E-state index contributed by atoms with van der Waals surface area (Å²) in [7, 11) is 0. The van der Waals surface area contributed by atoms with Crippen LogP contribution in [0.3, 0.4) is 0 Å². The maximum Gasteiger partial charge on any atom is 0.193 e. The summed E-state index contributed by atoms with van der Waals surface area (Å²) < 4.78 is 13.6. The molecule has 178 valence electrons. The van der Waals surface area contributed by atoms with Crippen molar-refractivity contribution in [3.63, 3.8) is 0 Å². The number of nitrogens with zero attached hydrogens (tertiary/aromatic N) is 5. The highest BCUT2D eigenvalue weighted by Gasteiger charge is 2.17. The van der Waals surface area contributed by atoms with Gasteiger partial charge in [-0.25, -0.2) is 14.4 Å². The Labute approximate surface area is 208 Å². The molecule has 0 spiro atoms. The Bertz CT molecular complexity index is 1320. The number of benzene rings is 2. The summed E-state index contributed by atoms with van der Waals surface area (Å²) in [4.78, 5) is 17.7. The molecule has 35 heavy (non-hydrogen) atoms. The van der Waals surface area contributed by atoms with Gasteiger partial charge in [-0.3, -0.25) is 4.90 Å². The third kappa shape index (κ3) is 5.81. The van der Waals surface area contributed by atoms with Crippen molar-refractivity contribution in [1.82, 2.24) is 19.9 Å². The van der Waals surface area contributed by atoms with Gasteiger partial charge >= 0.3 is 0 Å². The number of H-pyrrole nitrogens is 1. The molecule has 0 amide bonds. The number of rotatable bonds is 8. The largest absolute Gasteiger partial charge is 0.369 e. The molecule has 0 atom stereocenters. The van der Waals surface area contributed by atoms with Crippen molar-refractivity contribution in [2.45, 2.75) is 29.3 Å². The minimum absolute atomic E-state index is 0.177. The number of nitriles is 1. The number of hydrogen-bond acceptors (Lipinski definition) is 6. The minimum atomic E-state index is -0.177. The molecule has 0 radical (unpaired) electrons. The van der Waals surface area contributed by atoms with Crippen LogP contribution in [0.25, 0.3) is 10.9 Å². The van der Waals surface area contributed by atoms with E-state index in [4.69, 9.17) is 5.26 Å². The van der Waals surface area contributed by atoms with Crippen LogP contribution in [-0.2, 0) is 6.42 Å². The monoisotopic (exact) mass is 486 g/mol. The molecule has 0 aliphatic carbocycles. The van der Waals surface area contributed by atoms with Gasteiger partial charge in [0.1, 0.15) is 17.6 Å². The van der Waals surface area contributed by atoms with Crippen LogP contribution in [-0.4, -0.2) is 52.6 Å². The molecule has 0 bridgehead atoms. The third-order valence-electron chi connectivity index (χ3n) is 6.43. The van der Waals surface area contributed by atoms with Gasteiger partial charge in [0.25, 0.3) is 0 Å². The highest BCUT2D eigenvalue weighted by molar-refractivity contribution is 7.99. The smallest absolute Gasteiger partial charge is 0.193 e. The second kappa shape index (κ2) is 10.9. The second-order valence-electron chi connectivity index (χ2n) is 8.72. The number of hydrogen-bond donors (Lipinski definition) is 1. The summed E-state index contributed by atoms with van der Waals surface area (Å²) in [6.45, 7) is 5.25. The van der Waals surface area contributed by atoms with Gasteiger partial charge in [0, 0.05) is 60.1 Å². The zero-order valence-corrected chi connectivity index (χ0v) is 20.3. The van der Waals surface area contributed by atoms with Crippen LogP contribution in [0, 0.1) is 17.1 Å². The highest BCUT2D eigenvalue weighted by atomic mass is 32.2. The average molecular weight is 487 g/mol. The van der Waals surface area contributed by atoms with Crippen molar-refractivity contribution in [3.05, 3.63) is 78.0 Å². The zero-order valence-electron chi connectivity index (χ0n) is 19.5. The summed E-state index contributed by atoms with van der Waals surface area (Å²) in [5, 5.41) is 10.6. The molecular weight excluding hydrogens is 459 g/mol. The Kier molecular flexibility index (Phi) is 7.26. The van der Waals surface area contributed by atoms with Crippen LogP contribution in [0.2, 0.25) is 0 Å². The topological polar surface area (TPSA) is 71.8 Å². The molecule has 5 rings (SSSR count). The van der Waals surface area contributed by atoms with Gasteiger partial charge in [0.15, 0.2) is 5.16 Å². The van der Waals surface area contributed by atoms with Gasteiger partial charge < -0.3 is 9.88 Å². The predicted molar refractivity (Wildman–Crippen MR) is 137 cm³/mol. The number of aryl methyl sites for hydroxylation is 1. The SMILES string of the molecule is N#Cc1ccnc(Sc2ccc(N3CCN(CCCCc4c[nH]c5ccc(F)cc45)CC3)cc2)n1. The quantitative estimate of drug-likeness (QED) is 0.270. The molecular formula is C27H27FN6S. The van der Waals surface area contributed by atoms with E-state index in [1.807, 2.05) is 12.3 Å². The van der Waals surface area contributed by atoms with Crippen molar-refractivity contribution in [2.75, 3.05) is 37.6 Å². The first-order valence-electron chi connectivity index (χ1n) is 11.9. The fourth-order valence-corrected chi connectivity index (χ4v) is 5.26. The number of anilines is 1. The van der Waals surface area contributed by atoms with Crippen LogP contribution >= 0.6 is 11.8 Å². The van der Waals surface area contributed by atoms with Gasteiger partial charge in [-0.05, 0) is 91.7 Å². The Morgan fingerprint density at radius 3 is 2.66 bits per heavy atom. The van der Waals surface area contributed by atoms with E-state index in [1.54, 1.807) is 18.3 Å². The van der Waals surface area contributed by atoms with Crippen molar-refractivity contribution >= 4 is 28.4 Å². The van der Waals surface area contributed by atoms with E-state index in [0.29, 0.717) is 10.9 Å². The molecule has 0 unspecified atom stereocenters.